The lowest BCUT2D eigenvalue weighted by molar-refractivity contribution is -0.144. The van der Waals surface area contributed by atoms with Crippen molar-refractivity contribution in [2.45, 2.75) is 102 Å². The Bertz CT molecular complexity index is 1300. The van der Waals surface area contributed by atoms with Crippen LogP contribution >= 0.6 is 0 Å². The van der Waals surface area contributed by atoms with Crippen LogP contribution in [0.4, 0.5) is 0 Å². The zero-order chi connectivity index (χ0) is 36.5. The van der Waals surface area contributed by atoms with Gasteiger partial charge in [-0.15, -0.1) is 0 Å². The lowest BCUT2D eigenvalue weighted by Gasteiger charge is -2.27. The van der Waals surface area contributed by atoms with Crippen LogP contribution in [0.1, 0.15) is 70.8 Å². The largest absolute Gasteiger partial charge is 0.508 e. The highest BCUT2D eigenvalue weighted by atomic mass is 16.4. The molecule has 1 aromatic rings. The number of nitrogens with two attached hydrogens (primary N) is 3. The number of amides is 4. The first-order valence-corrected chi connectivity index (χ1v) is 16.8. The third kappa shape index (κ3) is 14.4. The molecular weight excluding hydrogens is 634 g/mol. The summed E-state index contributed by atoms with van der Waals surface area (Å²) < 4.78 is 0. The van der Waals surface area contributed by atoms with E-state index in [2.05, 4.69) is 21.3 Å². The first-order valence-electron chi connectivity index (χ1n) is 16.8. The van der Waals surface area contributed by atoms with Crippen LogP contribution in [0.2, 0.25) is 0 Å². The summed E-state index contributed by atoms with van der Waals surface area (Å²) in [5.74, 6) is -5.17. The number of aliphatic carboxylic acids is 1. The molecule has 272 valence electrons. The normalized spacial score (nSPS) is 21.9. The van der Waals surface area contributed by atoms with E-state index in [0.29, 0.717) is 24.9 Å². The topological polar surface area (TPSA) is 269 Å². The van der Waals surface area contributed by atoms with Crippen LogP contribution in [0.5, 0.6) is 5.75 Å². The minimum absolute atomic E-state index is 0.000353. The molecule has 1 aliphatic rings. The SMILES string of the molecule is CC(C)C[C@H](CC(=O)[C@H](Cc1ccc(O)cc1)NC(=O)[C@@H]1CC=CC[C@H](N)C(=O)N[C@@H](CCN)C(=O)N[C@@H](CCCCN)C(=O)N1)C(=O)O. The second kappa shape index (κ2) is 20.9. The zero-order valence-electron chi connectivity index (χ0n) is 28.4. The molecule has 0 saturated heterocycles. The van der Waals surface area contributed by atoms with Gasteiger partial charge in [0.1, 0.15) is 23.9 Å². The molecular formula is C34H53N7O8. The van der Waals surface area contributed by atoms with Gasteiger partial charge in [-0.25, -0.2) is 0 Å². The number of carboxylic acid groups (broad SMARTS) is 1. The molecule has 12 N–H and O–H groups in total. The number of unbranched alkanes of at least 4 members (excludes halogenated alkanes) is 1. The molecule has 0 fully saturated rings. The molecule has 49 heavy (non-hydrogen) atoms. The Balaban J connectivity index is 2.43. The number of rotatable bonds is 16. The first kappa shape index (κ1) is 40.8. The van der Waals surface area contributed by atoms with Crippen LogP contribution < -0.4 is 38.5 Å². The van der Waals surface area contributed by atoms with Crippen molar-refractivity contribution in [3.63, 3.8) is 0 Å². The molecule has 15 heteroatoms. The number of carboxylic acids is 1. The van der Waals surface area contributed by atoms with Crippen molar-refractivity contribution in [1.82, 2.24) is 21.3 Å². The average molecular weight is 688 g/mol. The predicted octanol–water partition coefficient (Wildman–Crippen LogP) is -0.265. The molecule has 0 unspecified atom stereocenters. The van der Waals surface area contributed by atoms with Crippen molar-refractivity contribution < 1.29 is 39.0 Å². The summed E-state index contributed by atoms with van der Waals surface area (Å²) in [6.45, 7) is 4.14. The van der Waals surface area contributed by atoms with Crippen LogP contribution in [0.15, 0.2) is 36.4 Å². The number of phenols is 1. The van der Waals surface area contributed by atoms with E-state index in [-0.39, 0.29) is 63.2 Å². The van der Waals surface area contributed by atoms with Crippen LogP contribution in [-0.4, -0.2) is 88.9 Å². The van der Waals surface area contributed by atoms with E-state index >= 15 is 0 Å². The van der Waals surface area contributed by atoms with Gasteiger partial charge in [0.25, 0.3) is 0 Å². The predicted molar refractivity (Wildman–Crippen MR) is 183 cm³/mol. The van der Waals surface area contributed by atoms with Crippen molar-refractivity contribution in [3.05, 3.63) is 42.0 Å². The number of nitrogens with one attached hydrogen (secondary N) is 4. The molecule has 2 rings (SSSR count). The minimum Gasteiger partial charge on any atom is -0.508 e. The number of hydrogen-bond donors (Lipinski definition) is 9. The second-order valence-corrected chi connectivity index (χ2v) is 12.9. The number of phenolic OH excluding ortho intramolecular Hbond substituents is 1. The molecule has 1 aliphatic heterocycles. The Morgan fingerprint density at radius 2 is 1.49 bits per heavy atom. The van der Waals surface area contributed by atoms with Crippen LogP contribution in [-0.2, 0) is 35.2 Å². The van der Waals surface area contributed by atoms with Gasteiger partial charge in [-0.3, -0.25) is 28.8 Å². The summed E-state index contributed by atoms with van der Waals surface area (Å²) in [4.78, 5) is 79.0. The molecule has 4 amide bonds. The molecule has 1 heterocycles. The number of benzene rings is 1. The Morgan fingerprint density at radius 1 is 0.878 bits per heavy atom. The van der Waals surface area contributed by atoms with Gasteiger partial charge in [0.2, 0.25) is 23.6 Å². The smallest absolute Gasteiger partial charge is 0.306 e. The van der Waals surface area contributed by atoms with E-state index in [9.17, 15) is 39.0 Å². The van der Waals surface area contributed by atoms with E-state index in [0.717, 1.165) is 0 Å². The molecule has 0 bridgehead atoms. The van der Waals surface area contributed by atoms with E-state index in [4.69, 9.17) is 17.2 Å². The summed E-state index contributed by atoms with van der Waals surface area (Å²) in [5, 5.41) is 30.2. The number of carbonyl (C=O) groups excluding carboxylic acids is 5. The fourth-order valence-corrected chi connectivity index (χ4v) is 5.45. The average Bonchev–Trinajstić information content (AvgIpc) is 3.04. The molecule has 1 aromatic carbocycles. The summed E-state index contributed by atoms with van der Waals surface area (Å²) >= 11 is 0. The maximum absolute atomic E-state index is 13.9. The van der Waals surface area contributed by atoms with Gasteiger partial charge in [-0.2, -0.15) is 0 Å². The monoisotopic (exact) mass is 687 g/mol. The molecule has 0 saturated carbocycles. The lowest BCUT2D eigenvalue weighted by atomic mass is 9.89. The Morgan fingerprint density at radius 3 is 2.10 bits per heavy atom. The third-order valence-corrected chi connectivity index (χ3v) is 8.20. The summed E-state index contributed by atoms with van der Waals surface area (Å²) in [7, 11) is 0. The van der Waals surface area contributed by atoms with E-state index < -0.39 is 71.5 Å². The Labute approximate surface area is 287 Å². The highest BCUT2D eigenvalue weighted by Gasteiger charge is 2.33. The highest BCUT2D eigenvalue weighted by molar-refractivity contribution is 5.96. The fraction of sp³-hybridized carbons (Fsp3) is 0.588. The maximum Gasteiger partial charge on any atom is 0.306 e. The molecule has 0 aromatic heterocycles. The van der Waals surface area contributed by atoms with Crippen LogP contribution in [0.25, 0.3) is 0 Å². The Hall–Kier alpha value is -4.34. The van der Waals surface area contributed by atoms with Gasteiger partial charge in [0.05, 0.1) is 18.0 Å². The molecule has 0 aliphatic carbocycles. The lowest BCUT2D eigenvalue weighted by Crippen LogP contribution is -2.58. The van der Waals surface area contributed by atoms with Gasteiger partial charge in [-0.1, -0.05) is 38.1 Å². The standard InChI is InChI=1S/C34H53N7O8/c1-20(2)17-22(34(48)49)19-29(43)28(18-21-10-12-23(42)13-11-21)41-32(46)25-8-4-3-7-24(37)30(44)38-27(14-16-36)33(47)40-26(31(45)39-25)9-5-6-15-35/h3-4,10-13,20,22,24-28,42H,5-9,14-19,35-37H2,1-2H3,(H,38,44)(H,39,45)(H,40,47)(H,41,46)(H,48,49)/t22-,24+,25+,26+,27+,28+/m1/s1. The van der Waals surface area contributed by atoms with E-state index in [1.54, 1.807) is 24.3 Å². The van der Waals surface area contributed by atoms with Crippen molar-refractivity contribution in [3.8, 4) is 5.75 Å². The van der Waals surface area contributed by atoms with Crippen LogP contribution in [0.3, 0.4) is 0 Å². The first-order chi connectivity index (χ1) is 23.2. The van der Waals surface area contributed by atoms with E-state index in [1.807, 2.05) is 13.8 Å². The number of ketones is 1. The third-order valence-electron chi connectivity index (χ3n) is 8.20. The minimum atomic E-state index is -1.22. The van der Waals surface area contributed by atoms with Crippen molar-refractivity contribution in [2.75, 3.05) is 13.1 Å². The number of hydrogen-bond acceptors (Lipinski definition) is 10. The number of aromatic hydroxyl groups is 1. The summed E-state index contributed by atoms with van der Waals surface area (Å²) in [6, 6.07) is 0.524. The van der Waals surface area contributed by atoms with Crippen molar-refractivity contribution >= 4 is 35.4 Å². The van der Waals surface area contributed by atoms with Crippen molar-refractivity contribution in [1.29, 1.82) is 0 Å². The van der Waals surface area contributed by atoms with Gasteiger partial charge >= 0.3 is 5.97 Å². The quantitative estimate of drug-likeness (QED) is 0.0807. The Kier molecular flexibility index (Phi) is 17.4. The molecule has 15 nitrogen and oxygen atoms in total. The molecule has 0 radical (unpaired) electrons. The number of carbonyl (C=O) groups is 6. The number of Topliss-reactive ketones (excluding diaryl/α,β-unsaturated/α-hetero) is 1. The molecule has 0 spiro atoms. The van der Waals surface area contributed by atoms with Crippen LogP contribution in [0, 0.1) is 11.8 Å². The highest BCUT2D eigenvalue weighted by Crippen LogP contribution is 2.19. The maximum atomic E-state index is 13.9. The summed E-state index contributed by atoms with van der Waals surface area (Å²) in [5.41, 5.74) is 18.0. The van der Waals surface area contributed by atoms with Crippen molar-refractivity contribution in [2.24, 2.45) is 29.0 Å². The fourth-order valence-electron chi connectivity index (χ4n) is 5.45. The van der Waals surface area contributed by atoms with Gasteiger partial charge in [-0.05, 0) is 88.1 Å². The van der Waals surface area contributed by atoms with Gasteiger partial charge in [0.15, 0.2) is 5.78 Å². The molecule has 6 atom stereocenters. The summed E-state index contributed by atoms with van der Waals surface area (Å²) in [6.07, 6.45) is 4.46. The van der Waals surface area contributed by atoms with Gasteiger partial charge in [0, 0.05) is 6.42 Å². The van der Waals surface area contributed by atoms with Gasteiger partial charge < -0.3 is 48.7 Å². The van der Waals surface area contributed by atoms with E-state index in [1.165, 1.54) is 12.1 Å². The second-order valence-electron chi connectivity index (χ2n) is 12.9. The zero-order valence-corrected chi connectivity index (χ0v) is 28.4.